The molecule has 0 saturated heterocycles. The summed E-state index contributed by atoms with van der Waals surface area (Å²) >= 11 is 7.98. The minimum absolute atomic E-state index is 0.0293. The molecule has 0 spiro atoms. The third-order valence-electron chi connectivity index (χ3n) is 6.24. The van der Waals surface area contributed by atoms with Gasteiger partial charge in [0.25, 0.3) is 0 Å². The number of hydrogen-bond acceptors (Lipinski definition) is 7. The summed E-state index contributed by atoms with van der Waals surface area (Å²) in [5.41, 5.74) is 0.810. The van der Waals surface area contributed by atoms with Gasteiger partial charge in [-0.3, -0.25) is 4.90 Å². The molecule has 0 aliphatic heterocycles. The summed E-state index contributed by atoms with van der Waals surface area (Å²) < 4.78 is 12.9. The molecule has 1 N–H and O–H groups in total. The van der Waals surface area contributed by atoms with Gasteiger partial charge in [0.05, 0.1) is 6.54 Å². The fourth-order valence-electron chi connectivity index (χ4n) is 4.82. The molecule has 11 heteroatoms. The van der Waals surface area contributed by atoms with Crippen molar-refractivity contribution >= 4 is 46.5 Å². The van der Waals surface area contributed by atoms with Gasteiger partial charge in [0.15, 0.2) is 5.82 Å². The summed E-state index contributed by atoms with van der Waals surface area (Å²) in [5, 5.41) is 9.45. The van der Waals surface area contributed by atoms with Crippen LogP contribution in [0.3, 0.4) is 0 Å². The van der Waals surface area contributed by atoms with E-state index in [4.69, 9.17) is 21.1 Å². The van der Waals surface area contributed by atoms with Crippen LogP contribution < -0.4 is 10.2 Å². The molecule has 1 fully saturated rings. The average molecular weight is 586 g/mol. The number of carbonyl (C=O) groups is 2. The minimum atomic E-state index is -0.714. The normalized spacial score (nSPS) is 17.3. The number of nitrogens with zero attached hydrogens (tertiary/aromatic N) is 4. The second-order valence-corrected chi connectivity index (χ2v) is 13.1. The van der Waals surface area contributed by atoms with Crippen LogP contribution in [0, 0.1) is 11.8 Å². The Hall–Kier alpha value is -3.29. The Balaban J connectivity index is 1.82. The van der Waals surface area contributed by atoms with Gasteiger partial charge in [-0.15, -0.1) is 16.4 Å². The zero-order valence-electron chi connectivity index (χ0n) is 24.0. The molecule has 1 aliphatic rings. The maximum Gasteiger partial charge on any atom is 0.416 e. The predicted molar refractivity (Wildman–Crippen MR) is 157 cm³/mol. The summed E-state index contributed by atoms with van der Waals surface area (Å²) in [5.74, 6) is 6.45. The number of hydrogen-bond donors (Lipinski definition) is 1. The summed E-state index contributed by atoms with van der Waals surface area (Å²) in [6.07, 6.45) is 1.58. The van der Waals surface area contributed by atoms with E-state index in [1.807, 2.05) is 65.1 Å². The molecule has 214 valence electrons. The first kappa shape index (κ1) is 29.7. The van der Waals surface area contributed by atoms with Crippen LogP contribution >= 0.6 is 22.9 Å². The number of alkyl carbamates (subject to hydrolysis) is 1. The van der Waals surface area contributed by atoms with Crippen LogP contribution in [-0.4, -0.2) is 44.0 Å². The van der Waals surface area contributed by atoms with Gasteiger partial charge >= 0.3 is 12.2 Å². The van der Waals surface area contributed by atoms with E-state index in [2.05, 4.69) is 27.2 Å². The number of ether oxygens (including phenoxy) is 2. The summed E-state index contributed by atoms with van der Waals surface area (Å²) in [6.45, 7) is 13.0. The molecule has 0 unspecified atom stereocenters. The van der Waals surface area contributed by atoms with Crippen LogP contribution in [-0.2, 0) is 16.0 Å². The molecule has 0 radical (unpaired) electrons. The molecule has 0 aromatic carbocycles. The van der Waals surface area contributed by atoms with Crippen molar-refractivity contribution in [3.05, 3.63) is 45.0 Å². The van der Waals surface area contributed by atoms with Crippen molar-refractivity contribution in [2.24, 2.45) is 0 Å². The lowest BCUT2D eigenvalue weighted by atomic mass is 9.94. The first-order valence-electron chi connectivity index (χ1n) is 13.3. The van der Waals surface area contributed by atoms with Gasteiger partial charge in [-0.1, -0.05) is 18.4 Å². The molecular formula is C29H36ClN5O4S. The van der Waals surface area contributed by atoms with Gasteiger partial charge < -0.3 is 14.8 Å². The van der Waals surface area contributed by atoms with E-state index in [1.165, 1.54) is 16.2 Å². The SMILES string of the molecule is CC#Cc1c([C@H]2CCC[C@@H]2NC(=O)OC(C)(C)C)cc2c(N(Cc3cccs3)C(=O)OC(C)(C)C)nc(Cl)nn12. The topological polar surface area (TPSA) is 98.1 Å². The number of fused-ring (bicyclic) bond motifs is 1. The fourth-order valence-corrected chi connectivity index (χ4v) is 5.67. The van der Waals surface area contributed by atoms with E-state index in [1.54, 1.807) is 11.4 Å². The smallest absolute Gasteiger partial charge is 0.416 e. The lowest BCUT2D eigenvalue weighted by molar-refractivity contribution is 0.0499. The average Bonchev–Trinajstić information content (AvgIpc) is 3.56. The van der Waals surface area contributed by atoms with Crippen molar-refractivity contribution in [1.29, 1.82) is 0 Å². The monoisotopic (exact) mass is 585 g/mol. The van der Waals surface area contributed by atoms with Gasteiger partial charge in [0, 0.05) is 16.8 Å². The zero-order valence-corrected chi connectivity index (χ0v) is 25.6. The van der Waals surface area contributed by atoms with Crippen molar-refractivity contribution in [3.8, 4) is 11.8 Å². The van der Waals surface area contributed by atoms with Crippen molar-refractivity contribution in [2.75, 3.05) is 4.90 Å². The Bertz CT molecular complexity index is 1440. The summed E-state index contributed by atoms with van der Waals surface area (Å²) in [7, 11) is 0. The van der Waals surface area contributed by atoms with Crippen LogP contribution in [0.5, 0.6) is 0 Å². The van der Waals surface area contributed by atoms with E-state index in [-0.39, 0.29) is 23.8 Å². The van der Waals surface area contributed by atoms with Crippen molar-refractivity contribution in [3.63, 3.8) is 0 Å². The van der Waals surface area contributed by atoms with Crippen LogP contribution in [0.15, 0.2) is 23.6 Å². The van der Waals surface area contributed by atoms with E-state index < -0.39 is 23.4 Å². The molecular weight excluding hydrogens is 550 g/mol. The highest BCUT2D eigenvalue weighted by Gasteiger charge is 2.35. The van der Waals surface area contributed by atoms with Crippen LogP contribution in [0.2, 0.25) is 5.28 Å². The lowest BCUT2D eigenvalue weighted by Gasteiger charge is -2.27. The number of rotatable bonds is 5. The second kappa shape index (κ2) is 11.7. The van der Waals surface area contributed by atoms with Crippen molar-refractivity contribution < 1.29 is 19.1 Å². The van der Waals surface area contributed by atoms with E-state index in [0.29, 0.717) is 17.0 Å². The molecule has 3 aromatic heterocycles. The van der Waals surface area contributed by atoms with Crippen molar-refractivity contribution in [1.82, 2.24) is 19.9 Å². The highest BCUT2D eigenvalue weighted by atomic mass is 35.5. The molecule has 40 heavy (non-hydrogen) atoms. The predicted octanol–water partition coefficient (Wildman–Crippen LogP) is 6.92. The van der Waals surface area contributed by atoms with Crippen LogP contribution in [0.25, 0.3) is 5.52 Å². The van der Waals surface area contributed by atoms with Crippen molar-refractivity contribution in [2.45, 2.75) is 97.4 Å². The molecule has 4 rings (SSSR count). The number of carbonyl (C=O) groups excluding carboxylic acids is 2. The molecule has 0 bridgehead atoms. The first-order valence-corrected chi connectivity index (χ1v) is 14.6. The molecule has 3 aromatic rings. The largest absolute Gasteiger partial charge is 0.444 e. The number of anilines is 1. The molecule has 1 aliphatic carbocycles. The first-order chi connectivity index (χ1) is 18.8. The van der Waals surface area contributed by atoms with E-state index in [0.717, 1.165) is 29.7 Å². The Labute approximate surface area is 244 Å². The molecule has 2 amide bonds. The Morgan fingerprint density at radius 1 is 1.20 bits per heavy atom. The maximum absolute atomic E-state index is 13.5. The van der Waals surface area contributed by atoms with Gasteiger partial charge in [-0.25, -0.2) is 14.1 Å². The molecule has 9 nitrogen and oxygen atoms in total. The minimum Gasteiger partial charge on any atom is -0.444 e. The van der Waals surface area contributed by atoms with Crippen LogP contribution in [0.1, 0.15) is 89.8 Å². The lowest BCUT2D eigenvalue weighted by Crippen LogP contribution is -2.40. The van der Waals surface area contributed by atoms with Gasteiger partial charge in [0.1, 0.15) is 22.4 Å². The fraction of sp³-hybridized carbons (Fsp3) is 0.517. The second-order valence-electron chi connectivity index (χ2n) is 11.8. The quantitative estimate of drug-likeness (QED) is 0.326. The van der Waals surface area contributed by atoms with Gasteiger partial charge in [-0.2, -0.15) is 4.98 Å². The van der Waals surface area contributed by atoms with Crippen LogP contribution in [0.4, 0.5) is 15.4 Å². The summed E-state index contributed by atoms with van der Waals surface area (Å²) in [6, 6.07) is 5.68. The number of aromatic nitrogens is 3. The highest BCUT2D eigenvalue weighted by molar-refractivity contribution is 7.09. The number of nitrogens with one attached hydrogen (secondary N) is 1. The Morgan fingerprint density at radius 2 is 1.93 bits per heavy atom. The molecule has 3 heterocycles. The molecule has 1 saturated carbocycles. The third kappa shape index (κ3) is 7.07. The third-order valence-corrected chi connectivity index (χ3v) is 7.26. The highest BCUT2D eigenvalue weighted by Crippen LogP contribution is 2.39. The maximum atomic E-state index is 13.5. The summed E-state index contributed by atoms with van der Waals surface area (Å²) in [4.78, 5) is 33.1. The van der Waals surface area contributed by atoms with Gasteiger partial charge in [0.2, 0.25) is 5.28 Å². The zero-order chi connectivity index (χ0) is 29.2. The number of thiophene rings is 1. The standard InChI is InChI=1S/C29H36ClN5O4S/c1-8-11-22-20(19-13-9-14-21(19)31-26(36)38-28(2,3)4)16-23-24(32-25(30)33-35(22)23)34(17-18-12-10-15-40-18)27(37)39-29(5,6)7/h10,12,15-16,19,21H,9,13-14,17H2,1-7H3,(H,31,36)/t19-,21+/m1/s1. The number of amides is 2. The van der Waals surface area contributed by atoms with E-state index in [9.17, 15) is 9.59 Å². The Kier molecular flexibility index (Phi) is 8.66. The number of halogens is 1. The van der Waals surface area contributed by atoms with E-state index >= 15 is 0 Å². The van der Waals surface area contributed by atoms with Gasteiger partial charge in [-0.05, 0) is 102 Å². The molecule has 2 atom stereocenters. The Morgan fingerprint density at radius 3 is 2.55 bits per heavy atom.